The van der Waals surface area contributed by atoms with Crippen LogP contribution in [0.1, 0.15) is 29.7 Å². The molecule has 1 aliphatic heterocycles. The van der Waals surface area contributed by atoms with E-state index in [2.05, 4.69) is 4.98 Å². The van der Waals surface area contributed by atoms with Crippen LogP contribution in [-0.4, -0.2) is 28.4 Å². The number of carbonyl (C=O) groups excluding carboxylic acids is 2. The third-order valence-electron chi connectivity index (χ3n) is 6.29. The Hall–Kier alpha value is -4.62. The Morgan fingerprint density at radius 2 is 1.79 bits per heavy atom. The van der Waals surface area contributed by atoms with Gasteiger partial charge in [-0.1, -0.05) is 29.8 Å². The summed E-state index contributed by atoms with van der Waals surface area (Å²) >= 11 is 6.22. The molecule has 1 amide bonds. The van der Waals surface area contributed by atoms with Crippen LogP contribution in [0.3, 0.4) is 0 Å². The molecule has 0 bridgehead atoms. The average molecular weight is 541 g/mol. The van der Waals surface area contributed by atoms with E-state index in [1.54, 1.807) is 67.0 Å². The molecule has 1 aromatic heterocycles. The zero-order chi connectivity index (χ0) is 27.5. The highest BCUT2D eigenvalue weighted by Gasteiger charge is 2.47. The number of carbonyl (C=O) groups is 2. The van der Waals surface area contributed by atoms with Gasteiger partial charge in [-0.15, -0.1) is 0 Å². The molecule has 4 aromatic rings. The number of aryl methyl sites for hydroxylation is 1. The lowest BCUT2D eigenvalue weighted by atomic mass is 9.96. The van der Waals surface area contributed by atoms with E-state index in [0.717, 1.165) is 5.56 Å². The maximum atomic E-state index is 13.4. The molecule has 1 N–H and O–H groups in total. The smallest absolute Gasteiger partial charge is 0.300 e. The number of aliphatic hydroxyl groups excluding tert-OH is 1. The van der Waals surface area contributed by atoms with Crippen molar-refractivity contribution < 1.29 is 24.2 Å². The Morgan fingerprint density at radius 3 is 2.49 bits per heavy atom. The van der Waals surface area contributed by atoms with Gasteiger partial charge in [0.2, 0.25) is 0 Å². The first-order chi connectivity index (χ1) is 18.9. The van der Waals surface area contributed by atoms with Gasteiger partial charge in [0.25, 0.3) is 11.7 Å². The minimum Gasteiger partial charge on any atom is -0.507 e. The van der Waals surface area contributed by atoms with E-state index in [9.17, 15) is 14.7 Å². The zero-order valence-corrected chi connectivity index (χ0v) is 22.1. The summed E-state index contributed by atoms with van der Waals surface area (Å²) in [5.74, 6) is -0.288. The van der Waals surface area contributed by atoms with Crippen molar-refractivity contribution >= 4 is 34.7 Å². The van der Waals surface area contributed by atoms with Crippen LogP contribution in [0, 0.1) is 6.92 Å². The van der Waals surface area contributed by atoms with Crippen LogP contribution in [-0.2, 0) is 9.59 Å². The van der Waals surface area contributed by atoms with Crippen LogP contribution in [0.5, 0.6) is 17.2 Å². The molecule has 7 nitrogen and oxygen atoms in total. The number of hydrogen-bond acceptors (Lipinski definition) is 6. The lowest BCUT2D eigenvalue weighted by Gasteiger charge is -2.25. The maximum absolute atomic E-state index is 13.4. The van der Waals surface area contributed by atoms with E-state index >= 15 is 0 Å². The molecule has 0 spiro atoms. The summed E-state index contributed by atoms with van der Waals surface area (Å²) in [5.41, 5.74) is 2.34. The van der Waals surface area contributed by atoms with Crippen molar-refractivity contribution in [3.63, 3.8) is 0 Å². The molecule has 39 heavy (non-hydrogen) atoms. The molecule has 5 rings (SSSR count). The van der Waals surface area contributed by atoms with Gasteiger partial charge in [0.05, 0.1) is 23.2 Å². The van der Waals surface area contributed by atoms with Crippen LogP contribution in [0.2, 0.25) is 5.02 Å². The largest absolute Gasteiger partial charge is 0.507 e. The van der Waals surface area contributed by atoms with Crippen molar-refractivity contribution in [3.8, 4) is 17.2 Å². The van der Waals surface area contributed by atoms with E-state index in [0.29, 0.717) is 45.7 Å². The minimum atomic E-state index is -0.909. The summed E-state index contributed by atoms with van der Waals surface area (Å²) in [4.78, 5) is 32.3. The highest BCUT2D eigenvalue weighted by Crippen LogP contribution is 2.43. The highest BCUT2D eigenvalue weighted by atomic mass is 35.5. The average Bonchev–Trinajstić information content (AvgIpc) is 3.20. The normalized spacial score (nSPS) is 16.4. The fourth-order valence-electron chi connectivity index (χ4n) is 4.51. The second kappa shape index (κ2) is 11.0. The van der Waals surface area contributed by atoms with E-state index in [1.807, 2.05) is 38.1 Å². The molecule has 3 aromatic carbocycles. The maximum Gasteiger partial charge on any atom is 0.300 e. The molecule has 0 radical (unpaired) electrons. The van der Waals surface area contributed by atoms with Gasteiger partial charge in [-0.05, 0) is 85.6 Å². The molecule has 196 valence electrons. The highest BCUT2D eigenvalue weighted by molar-refractivity contribution is 6.51. The number of halogens is 1. The van der Waals surface area contributed by atoms with E-state index in [1.165, 1.54) is 4.90 Å². The molecule has 1 aliphatic rings. The Kier molecular flexibility index (Phi) is 7.34. The Bertz CT molecular complexity index is 1570. The second-order valence-electron chi connectivity index (χ2n) is 8.95. The van der Waals surface area contributed by atoms with Crippen molar-refractivity contribution in [1.29, 1.82) is 0 Å². The number of amides is 1. The second-order valence-corrected chi connectivity index (χ2v) is 9.35. The molecular formula is C31H25ClN2O5. The molecule has 1 fully saturated rings. The van der Waals surface area contributed by atoms with Crippen LogP contribution in [0.25, 0.3) is 5.76 Å². The first-order valence-corrected chi connectivity index (χ1v) is 12.7. The van der Waals surface area contributed by atoms with Gasteiger partial charge in [0.15, 0.2) is 0 Å². The number of pyridine rings is 1. The quantitative estimate of drug-likeness (QED) is 0.156. The molecule has 1 atom stereocenters. The third kappa shape index (κ3) is 5.22. The van der Waals surface area contributed by atoms with Gasteiger partial charge >= 0.3 is 0 Å². The van der Waals surface area contributed by atoms with Crippen LogP contribution >= 0.6 is 11.6 Å². The lowest BCUT2D eigenvalue weighted by Crippen LogP contribution is -2.29. The molecule has 1 saturated heterocycles. The molecule has 8 heteroatoms. The van der Waals surface area contributed by atoms with Gasteiger partial charge in [-0.2, -0.15) is 0 Å². The van der Waals surface area contributed by atoms with E-state index in [-0.39, 0.29) is 11.3 Å². The Morgan fingerprint density at radius 1 is 1.00 bits per heavy atom. The third-order valence-corrected chi connectivity index (χ3v) is 6.60. The van der Waals surface area contributed by atoms with Crippen LogP contribution in [0.15, 0.2) is 96.8 Å². The SMILES string of the molecule is CCOc1cc(/C(O)=C2/C(=O)C(=O)N(c3ccc(Oc4cccc(C)c4)cc3)C2c2cccnc2)ccc1Cl. The summed E-state index contributed by atoms with van der Waals surface area (Å²) in [7, 11) is 0. The van der Waals surface area contributed by atoms with Gasteiger partial charge in [0, 0.05) is 23.6 Å². The topological polar surface area (TPSA) is 89.0 Å². The number of benzene rings is 3. The number of nitrogens with zero attached hydrogens (tertiary/aromatic N) is 2. The Labute approximate surface area is 230 Å². The van der Waals surface area contributed by atoms with Crippen LogP contribution < -0.4 is 14.4 Å². The molecule has 2 heterocycles. The predicted octanol–water partition coefficient (Wildman–Crippen LogP) is 6.86. The number of aliphatic hydroxyl groups is 1. The van der Waals surface area contributed by atoms with Crippen molar-refractivity contribution in [1.82, 2.24) is 4.98 Å². The van der Waals surface area contributed by atoms with E-state index < -0.39 is 17.7 Å². The van der Waals surface area contributed by atoms with Crippen molar-refractivity contribution in [2.75, 3.05) is 11.5 Å². The fraction of sp³-hybridized carbons (Fsp3) is 0.129. The monoisotopic (exact) mass is 540 g/mol. The standard InChI is InChI=1S/C31H25ClN2O5/c1-3-38-26-17-20(9-14-25(26)32)29(35)27-28(21-7-5-15-33-18-21)34(31(37)30(27)36)22-10-12-23(13-11-22)39-24-8-4-6-19(2)16-24/h4-18,28,35H,3H2,1-2H3/b29-27-. The Balaban J connectivity index is 1.57. The molecular weight excluding hydrogens is 516 g/mol. The number of hydrogen-bond donors (Lipinski definition) is 1. The lowest BCUT2D eigenvalue weighted by molar-refractivity contribution is -0.132. The number of rotatable bonds is 7. The minimum absolute atomic E-state index is 0.0575. The van der Waals surface area contributed by atoms with Gasteiger partial charge < -0.3 is 14.6 Å². The first-order valence-electron chi connectivity index (χ1n) is 12.4. The number of ketones is 1. The van der Waals surface area contributed by atoms with Crippen LogP contribution in [0.4, 0.5) is 5.69 Å². The van der Waals surface area contributed by atoms with Gasteiger partial charge in [0.1, 0.15) is 23.0 Å². The fourth-order valence-corrected chi connectivity index (χ4v) is 4.69. The number of anilines is 1. The molecule has 1 unspecified atom stereocenters. The number of aromatic nitrogens is 1. The molecule has 0 saturated carbocycles. The summed E-state index contributed by atoms with van der Waals surface area (Å²) in [6.45, 7) is 4.16. The summed E-state index contributed by atoms with van der Waals surface area (Å²) in [6, 6.07) is 21.8. The summed E-state index contributed by atoms with van der Waals surface area (Å²) < 4.78 is 11.5. The number of Topliss-reactive ketones (excluding diaryl/α,β-unsaturated/α-hetero) is 1. The van der Waals surface area contributed by atoms with Gasteiger partial charge in [-0.25, -0.2) is 0 Å². The predicted molar refractivity (Wildman–Crippen MR) is 149 cm³/mol. The van der Waals surface area contributed by atoms with Gasteiger partial charge in [-0.3, -0.25) is 19.5 Å². The summed E-state index contributed by atoms with van der Waals surface area (Å²) in [6.07, 6.45) is 3.17. The van der Waals surface area contributed by atoms with Crippen molar-refractivity contribution in [2.45, 2.75) is 19.9 Å². The summed E-state index contributed by atoms with van der Waals surface area (Å²) in [5, 5.41) is 11.7. The zero-order valence-electron chi connectivity index (χ0n) is 21.3. The number of ether oxygens (including phenoxy) is 2. The van der Waals surface area contributed by atoms with E-state index in [4.69, 9.17) is 21.1 Å². The van der Waals surface area contributed by atoms with Crippen molar-refractivity contribution in [2.24, 2.45) is 0 Å². The first kappa shape index (κ1) is 26.0. The van der Waals surface area contributed by atoms with Crippen molar-refractivity contribution in [3.05, 3.63) is 119 Å². The molecule has 0 aliphatic carbocycles.